The summed E-state index contributed by atoms with van der Waals surface area (Å²) in [6.07, 6.45) is 0. The standard InChI is InChI=1S/C10H18N2/c1-7(2)8-9(10(3,4)5)12-6-11-8/h7H,6H2,1-5H3. The summed E-state index contributed by atoms with van der Waals surface area (Å²) in [6, 6.07) is 0. The number of aliphatic imine (C=N–C) groups is 2. The lowest BCUT2D eigenvalue weighted by molar-refractivity contribution is 0.595. The van der Waals surface area contributed by atoms with Crippen molar-refractivity contribution in [3.8, 4) is 0 Å². The maximum absolute atomic E-state index is 4.42. The van der Waals surface area contributed by atoms with E-state index in [9.17, 15) is 0 Å². The molecule has 68 valence electrons. The van der Waals surface area contributed by atoms with Gasteiger partial charge in [-0.05, 0) is 5.92 Å². The van der Waals surface area contributed by atoms with Crippen LogP contribution in [0.2, 0.25) is 0 Å². The average Bonchev–Trinajstić information content (AvgIpc) is 2.30. The Bertz CT molecular complexity index is 229. The van der Waals surface area contributed by atoms with Crippen LogP contribution in [0.25, 0.3) is 0 Å². The van der Waals surface area contributed by atoms with Crippen LogP contribution < -0.4 is 0 Å². The molecule has 1 heterocycles. The Morgan fingerprint density at radius 1 is 1.17 bits per heavy atom. The molecule has 2 heteroatoms. The average molecular weight is 166 g/mol. The minimum Gasteiger partial charge on any atom is -0.264 e. The number of rotatable bonds is 1. The lowest BCUT2D eigenvalue weighted by Crippen LogP contribution is -2.29. The molecular weight excluding hydrogens is 148 g/mol. The van der Waals surface area contributed by atoms with Crippen molar-refractivity contribution in [3.63, 3.8) is 0 Å². The van der Waals surface area contributed by atoms with Crippen LogP contribution in [0, 0.1) is 11.3 Å². The van der Waals surface area contributed by atoms with E-state index >= 15 is 0 Å². The Labute approximate surface area is 74.8 Å². The predicted molar refractivity (Wildman–Crippen MR) is 54.0 cm³/mol. The predicted octanol–water partition coefficient (Wildman–Crippen LogP) is 2.54. The van der Waals surface area contributed by atoms with E-state index < -0.39 is 0 Å². The summed E-state index contributed by atoms with van der Waals surface area (Å²) in [5.41, 5.74) is 2.54. The van der Waals surface area contributed by atoms with Gasteiger partial charge >= 0.3 is 0 Å². The van der Waals surface area contributed by atoms with Crippen molar-refractivity contribution in [3.05, 3.63) is 0 Å². The second kappa shape index (κ2) is 3.00. The van der Waals surface area contributed by atoms with Crippen LogP contribution in [0.1, 0.15) is 34.6 Å². The summed E-state index contributed by atoms with van der Waals surface area (Å²) >= 11 is 0. The maximum atomic E-state index is 4.42. The zero-order chi connectivity index (χ0) is 9.35. The molecule has 0 aliphatic carbocycles. The molecule has 1 rings (SSSR count). The van der Waals surface area contributed by atoms with Gasteiger partial charge in [-0.1, -0.05) is 34.6 Å². The summed E-state index contributed by atoms with van der Waals surface area (Å²) in [5, 5.41) is 0. The fourth-order valence-electron chi connectivity index (χ4n) is 1.42. The van der Waals surface area contributed by atoms with E-state index in [1.165, 1.54) is 11.4 Å². The molecule has 0 amide bonds. The van der Waals surface area contributed by atoms with Gasteiger partial charge in [0.15, 0.2) is 0 Å². The van der Waals surface area contributed by atoms with Crippen LogP contribution in [-0.2, 0) is 0 Å². The summed E-state index contributed by atoms with van der Waals surface area (Å²) < 4.78 is 0. The topological polar surface area (TPSA) is 24.7 Å². The molecule has 0 saturated heterocycles. The SMILES string of the molecule is CC(C)C1=NCN=C1C(C)(C)C. The molecule has 0 bridgehead atoms. The molecule has 0 radical (unpaired) electrons. The highest BCUT2D eigenvalue weighted by Gasteiger charge is 2.27. The van der Waals surface area contributed by atoms with E-state index in [-0.39, 0.29) is 5.41 Å². The van der Waals surface area contributed by atoms with Crippen molar-refractivity contribution in [1.29, 1.82) is 0 Å². The van der Waals surface area contributed by atoms with Crippen LogP contribution in [0.15, 0.2) is 9.98 Å². The maximum Gasteiger partial charge on any atom is 0.130 e. The van der Waals surface area contributed by atoms with Gasteiger partial charge in [0, 0.05) is 5.41 Å². The van der Waals surface area contributed by atoms with Gasteiger partial charge < -0.3 is 0 Å². The molecule has 0 aromatic rings. The summed E-state index contributed by atoms with van der Waals surface area (Å²) in [6.45, 7) is 11.6. The van der Waals surface area contributed by atoms with E-state index in [4.69, 9.17) is 0 Å². The van der Waals surface area contributed by atoms with Gasteiger partial charge in [0.25, 0.3) is 0 Å². The normalized spacial score (nSPS) is 18.2. The number of hydrogen-bond acceptors (Lipinski definition) is 2. The highest BCUT2D eigenvalue weighted by Crippen LogP contribution is 2.22. The van der Waals surface area contributed by atoms with Crippen molar-refractivity contribution >= 4 is 11.4 Å². The van der Waals surface area contributed by atoms with Crippen LogP contribution in [0.5, 0.6) is 0 Å². The molecule has 0 fully saturated rings. The molecule has 0 aromatic carbocycles. The summed E-state index contributed by atoms with van der Waals surface area (Å²) in [7, 11) is 0. The first-order valence-corrected chi connectivity index (χ1v) is 4.52. The molecule has 12 heavy (non-hydrogen) atoms. The van der Waals surface area contributed by atoms with Crippen LogP contribution in [0.3, 0.4) is 0 Å². The Hall–Kier alpha value is -0.660. The second-order valence-electron chi connectivity index (χ2n) is 4.60. The molecule has 1 aliphatic rings. The van der Waals surface area contributed by atoms with Gasteiger partial charge in [0.05, 0.1) is 11.4 Å². The van der Waals surface area contributed by atoms with E-state index in [0.29, 0.717) is 12.6 Å². The van der Waals surface area contributed by atoms with E-state index in [0.717, 1.165) is 0 Å². The third-order valence-corrected chi connectivity index (χ3v) is 1.97. The highest BCUT2D eigenvalue weighted by atomic mass is 15.0. The first-order chi connectivity index (χ1) is 5.43. The van der Waals surface area contributed by atoms with Crippen molar-refractivity contribution in [2.24, 2.45) is 21.3 Å². The highest BCUT2D eigenvalue weighted by molar-refractivity contribution is 6.45. The largest absolute Gasteiger partial charge is 0.264 e. The lowest BCUT2D eigenvalue weighted by atomic mass is 9.84. The molecule has 0 N–H and O–H groups in total. The Morgan fingerprint density at radius 2 is 1.75 bits per heavy atom. The minimum atomic E-state index is 0.152. The van der Waals surface area contributed by atoms with E-state index in [1.807, 2.05) is 0 Å². The van der Waals surface area contributed by atoms with E-state index in [2.05, 4.69) is 44.6 Å². The van der Waals surface area contributed by atoms with Gasteiger partial charge in [0.2, 0.25) is 0 Å². The zero-order valence-electron chi connectivity index (χ0n) is 8.68. The molecular formula is C10H18N2. The first-order valence-electron chi connectivity index (χ1n) is 4.52. The van der Waals surface area contributed by atoms with Crippen molar-refractivity contribution in [1.82, 2.24) is 0 Å². The van der Waals surface area contributed by atoms with Gasteiger partial charge in [-0.3, -0.25) is 9.98 Å². The second-order valence-corrected chi connectivity index (χ2v) is 4.60. The number of nitrogens with zero attached hydrogens (tertiary/aromatic N) is 2. The Morgan fingerprint density at radius 3 is 2.08 bits per heavy atom. The Balaban J connectivity index is 2.88. The van der Waals surface area contributed by atoms with E-state index in [1.54, 1.807) is 0 Å². The van der Waals surface area contributed by atoms with Crippen LogP contribution >= 0.6 is 0 Å². The van der Waals surface area contributed by atoms with Crippen LogP contribution in [-0.4, -0.2) is 18.1 Å². The van der Waals surface area contributed by atoms with Gasteiger partial charge in [-0.15, -0.1) is 0 Å². The molecule has 0 aromatic heterocycles. The van der Waals surface area contributed by atoms with Gasteiger partial charge in [-0.2, -0.15) is 0 Å². The molecule has 1 aliphatic heterocycles. The van der Waals surface area contributed by atoms with Gasteiger partial charge in [0.1, 0.15) is 6.67 Å². The first kappa shape index (κ1) is 9.43. The summed E-state index contributed by atoms with van der Waals surface area (Å²) in [5.74, 6) is 0.505. The van der Waals surface area contributed by atoms with Crippen LogP contribution in [0.4, 0.5) is 0 Å². The lowest BCUT2D eigenvalue weighted by Gasteiger charge is -2.21. The molecule has 0 unspecified atom stereocenters. The summed E-state index contributed by atoms with van der Waals surface area (Å²) in [4.78, 5) is 8.82. The Kier molecular flexibility index (Phi) is 2.36. The fourth-order valence-corrected chi connectivity index (χ4v) is 1.42. The third-order valence-electron chi connectivity index (χ3n) is 1.97. The quantitative estimate of drug-likeness (QED) is 0.572. The van der Waals surface area contributed by atoms with Crippen molar-refractivity contribution < 1.29 is 0 Å². The minimum absolute atomic E-state index is 0.152. The fraction of sp³-hybridized carbons (Fsp3) is 0.800. The smallest absolute Gasteiger partial charge is 0.130 e. The third kappa shape index (κ3) is 1.74. The van der Waals surface area contributed by atoms with Crippen molar-refractivity contribution in [2.75, 3.05) is 6.67 Å². The van der Waals surface area contributed by atoms with Crippen molar-refractivity contribution in [2.45, 2.75) is 34.6 Å². The number of hydrogen-bond donors (Lipinski definition) is 0. The zero-order valence-corrected chi connectivity index (χ0v) is 8.68. The molecule has 0 spiro atoms. The molecule has 0 atom stereocenters. The molecule has 0 saturated carbocycles. The molecule has 2 nitrogen and oxygen atoms in total. The monoisotopic (exact) mass is 166 g/mol. The van der Waals surface area contributed by atoms with Gasteiger partial charge in [-0.25, -0.2) is 0 Å².